The number of aromatic nitrogens is 3. The van der Waals surface area contributed by atoms with Crippen molar-refractivity contribution in [2.24, 2.45) is 5.92 Å². The first-order valence-electron chi connectivity index (χ1n) is 16.2. The van der Waals surface area contributed by atoms with Crippen LogP contribution in [-0.4, -0.2) is 81.0 Å². The van der Waals surface area contributed by atoms with Crippen LogP contribution in [0.3, 0.4) is 0 Å². The molecule has 0 amide bonds. The Labute approximate surface area is 273 Å². The fourth-order valence-corrected chi connectivity index (χ4v) is 10.1. The minimum absolute atomic E-state index is 0.0392. The normalized spacial score (nSPS) is 30.8. The van der Waals surface area contributed by atoms with Gasteiger partial charge in [0.15, 0.2) is 5.82 Å². The van der Waals surface area contributed by atoms with Crippen LogP contribution in [0.1, 0.15) is 44.9 Å². The summed E-state index contributed by atoms with van der Waals surface area (Å²) in [4.78, 5) is 18.8. The minimum Gasteiger partial charge on any atom is -0.508 e. The Bertz CT molecular complexity index is 1830. The summed E-state index contributed by atoms with van der Waals surface area (Å²) in [6.45, 7) is 2.25. The highest BCUT2D eigenvalue weighted by Gasteiger charge is 2.58. The number of ether oxygens (including phenoxy) is 1. The first-order chi connectivity index (χ1) is 21.8. The number of fused-ring (bicyclic) bond motifs is 7. The average molecular weight is 725 g/mol. The zero-order valence-corrected chi connectivity index (χ0v) is 27.0. The third kappa shape index (κ3) is 4.58. The van der Waals surface area contributed by atoms with Crippen LogP contribution in [-0.2, 0) is 0 Å². The monoisotopic (exact) mass is 724 g/mol. The minimum atomic E-state index is -0.870. The van der Waals surface area contributed by atoms with Gasteiger partial charge in [-0.2, -0.15) is 9.97 Å². The summed E-state index contributed by atoms with van der Waals surface area (Å²) in [5, 5.41) is 16.4. The SMILES string of the molecule is Oc1cc(-c2ncc3c(N4CC5CCC(C4)N5)nc(OCC45C[C@@H](F)CN4[C@H]4CCC[C@H]4C5)nc3c2F)c2c(I)cccc2c1. The fourth-order valence-electron chi connectivity index (χ4n) is 9.28. The highest BCUT2D eigenvalue weighted by Crippen LogP contribution is 2.52. The number of nitrogens with one attached hydrogen (secondary N) is 1. The van der Waals surface area contributed by atoms with E-state index in [0.29, 0.717) is 53.8 Å². The van der Waals surface area contributed by atoms with Gasteiger partial charge < -0.3 is 20.1 Å². The van der Waals surface area contributed by atoms with E-state index in [4.69, 9.17) is 14.7 Å². The van der Waals surface area contributed by atoms with Gasteiger partial charge in [0.25, 0.3) is 0 Å². The van der Waals surface area contributed by atoms with E-state index < -0.39 is 12.0 Å². The number of nitrogens with zero attached hydrogens (tertiary/aromatic N) is 5. The van der Waals surface area contributed by atoms with Crippen LogP contribution in [0, 0.1) is 15.3 Å². The van der Waals surface area contributed by atoms with Crippen LogP contribution in [0.2, 0.25) is 0 Å². The molecule has 2 bridgehead atoms. The van der Waals surface area contributed by atoms with E-state index in [1.165, 1.54) is 12.8 Å². The van der Waals surface area contributed by atoms with Gasteiger partial charge in [-0.15, -0.1) is 0 Å². The molecule has 4 aromatic rings. The summed E-state index contributed by atoms with van der Waals surface area (Å²) >= 11 is 2.23. The number of aromatic hydroxyl groups is 1. The van der Waals surface area contributed by atoms with Gasteiger partial charge in [0.1, 0.15) is 35.6 Å². The molecule has 4 saturated heterocycles. The predicted octanol–water partition coefficient (Wildman–Crippen LogP) is 5.97. The van der Waals surface area contributed by atoms with Crippen LogP contribution < -0.4 is 15.0 Å². The van der Waals surface area contributed by atoms with E-state index in [0.717, 1.165) is 53.1 Å². The number of benzene rings is 2. The van der Waals surface area contributed by atoms with E-state index in [2.05, 4.69) is 42.7 Å². The van der Waals surface area contributed by atoms with Crippen molar-refractivity contribution in [2.75, 3.05) is 31.1 Å². The lowest BCUT2D eigenvalue weighted by Crippen LogP contribution is -2.51. The molecule has 2 N–H and O–H groups in total. The predicted molar refractivity (Wildman–Crippen MR) is 177 cm³/mol. The molecule has 3 unspecified atom stereocenters. The molecular formula is C34H35F2IN6O2. The van der Waals surface area contributed by atoms with Crippen molar-refractivity contribution in [1.82, 2.24) is 25.2 Å². The zero-order chi connectivity index (χ0) is 30.4. The quantitative estimate of drug-likeness (QED) is 0.244. The van der Waals surface area contributed by atoms with E-state index in [1.807, 2.05) is 18.2 Å². The Morgan fingerprint density at radius 2 is 1.91 bits per heavy atom. The van der Waals surface area contributed by atoms with E-state index in [-0.39, 0.29) is 35.1 Å². The lowest BCUT2D eigenvalue weighted by Gasteiger charge is -2.35. The zero-order valence-electron chi connectivity index (χ0n) is 24.9. The summed E-state index contributed by atoms with van der Waals surface area (Å²) in [6, 6.07) is 10.2. The van der Waals surface area contributed by atoms with Gasteiger partial charge in [-0.25, -0.2) is 8.78 Å². The van der Waals surface area contributed by atoms with Gasteiger partial charge in [-0.3, -0.25) is 9.88 Å². The second-order valence-electron chi connectivity index (χ2n) is 13.8. The molecule has 5 aliphatic rings. The largest absolute Gasteiger partial charge is 0.508 e. The van der Waals surface area contributed by atoms with Crippen molar-refractivity contribution >= 4 is 50.1 Å². The Kier molecular flexibility index (Phi) is 6.65. The van der Waals surface area contributed by atoms with Crippen molar-refractivity contribution < 1.29 is 18.6 Å². The number of piperazine rings is 1. The fraction of sp³-hybridized carbons (Fsp3) is 0.500. The molecule has 9 rings (SSSR count). The topological polar surface area (TPSA) is 86.6 Å². The highest BCUT2D eigenvalue weighted by atomic mass is 127. The third-order valence-corrected chi connectivity index (χ3v) is 12.0. The average Bonchev–Trinajstić information content (AvgIpc) is 3.76. The second-order valence-corrected chi connectivity index (χ2v) is 15.0. The van der Waals surface area contributed by atoms with Gasteiger partial charge >= 0.3 is 6.01 Å². The number of pyridine rings is 1. The molecule has 45 heavy (non-hydrogen) atoms. The molecule has 2 aromatic heterocycles. The molecule has 5 fully saturated rings. The highest BCUT2D eigenvalue weighted by molar-refractivity contribution is 14.1. The Morgan fingerprint density at radius 3 is 2.76 bits per heavy atom. The van der Waals surface area contributed by atoms with E-state index >= 15 is 4.39 Å². The first kappa shape index (κ1) is 28.3. The molecule has 0 radical (unpaired) electrons. The summed E-state index contributed by atoms with van der Waals surface area (Å²) in [6.07, 6.45) is 7.86. The number of phenols is 1. The van der Waals surface area contributed by atoms with Crippen LogP contribution in [0.15, 0.2) is 36.5 Å². The van der Waals surface area contributed by atoms with Gasteiger partial charge in [-0.1, -0.05) is 18.6 Å². The number of rotatable bonds is 5. The standard InChI is InChI=1S/C34H35F2IN6O2/c35-20-12-34(11-19-4-2-6-27(19)43(34)14-20)17-45-33-40-31-25(32(41-33)42-15-21-7-8-22(16-42)39-21)13-38-30(29(31)36)24-10-23(44)9-18-3-1-5-26(37)28(18)24/h1,3,5,9-10,13,19-22,27,39,44H,2,4,6-8,11-12,14-17H2/t19-,20+,21?,22?,27-,34?/m0/s1. The van der Waals surface area contributed by atoms with Crippen molar-refractivity contribution in [3.63, 3.8) is 0 Å². The third-order valence-electron chi connectivity index (χ3n) is 11.1. The van der Waals surface area contributed by atoms with Crippen molar-refractivity contribution in [1.29, 1.82) is 0 Å². The van der Waals surface area contributed by atoms with E-state index in [1.54, 1.807) is 18.3 Å². The number of alkyl halides is 1. The molecule has 0 spiro atoms. The smallest absolute Gasteiger partial charge is 0.319 e. The number of hydrogen-bond acceptors (Lipinski definition) is 8. The van der Waals surface area contributed by atoms with Crippen LogP contribution in [0.5, 0.6) is 11.8 Å². The molecule has 2 aromatic carbocycles. The number of anilines is 1. The molecule has 1 saturated carbocycles. The molecule has 11 heteroatoms. The van der Waals surface area contributed by atoms with Gasteiger partial charge in [-0.05, 0) is 84.2 Å². The Morgan fingerprint density at radius 1 is 1.07 bits per heavy atom. The Hall–Kier alpha value is -2.90. The molecule has 6 heterocycles. The van der Waals surface area contributed by atoms with Crippen molar-refractivity contribution in [3.05, 3.63) is 45.9 Å². The maximum atomic E-state index is 16.8. The number of phenolic OH excluding ortho intramolecular Hbond substituents is 1. The molecule has 1 aliphatic carbocycles. The van der Waals surface area contributed by atoms with Crippen molar-refractivity contribution in [2.45, 2.75) is 74.8 Å². The van der Waals surface area contributed by atoms with Gasteiger partial charge in [0.2, 0.25) is 0 Å². The van der Waals surface area contributed by atoms with Crippen molar-refractivity contribution in [3.8, 4) is 23.0 Å². The van der Waals surface area contributed by atoms with Crippen LogP contribution in [0.4, 0.5) is 14.6 Å². The van der Waals surface area contributed by atoms with E-state index in [9.17, 15) is 9.50 Å². The van der Waals surface area contributed by atoms with Crippen LogP contribution in [0.25, 0.3) is 32.9 Å². The maximum Gasteiger partial charge on any atom is 0.319 e. The molecular weight excluding hydrogens is 689 g/mol. The summed E-state index contributed by atoms with van der Waals surface area (Å²) < 4.78 is 39.1. The second kappa shape index (κ2) is 10.6. The lowest BCUT2D eigenvalue weighted by atomic mass is 9.89. The first-order valence-corrected chi connectivity index (χ1v) is 17.3. The number of hydrogen-bond donors (Lipinski definition) is 2. The molecule has 8 nitrogen and oxygen atoms in total. The lowest BCUT2D eigenvalue weighted by molar-refractivity contribution is 0.0832. The van der Waals surface area contributed by atoms with Crippen LogP contribution >= 0.6 is 22.6 Å². The molecule has 234 valence electrons. The molecule has 4 aliphatic heterocycles. The summed E-state index contributed by atoms with van der Waals surface area (Å²) in [5.41, 5.74) is 0.388. The summed E-state index contributed by atoms with van der Waals surface area (Å²) in [5.74, 6) is 0.661. The Balaban J connectivity index is 1.15. The van der Waals surface area contributed by atoms with Gasteiger partial charge in [0.05, 0.1) is 10.9 Å². The molecule has 6 atom stereocenters. The maximum absolute atomic E-state index is 16.8. The summed E-state index contributed by atoms with van der Waals surface area (Å²) in [7, 11) is 0. The number of halogens is 3. The van der Waals surface area contributed by atoms with Gasteiger partial charge in [0, 0.05) is 64.9 Å².